The number of carbonyl (C=O) groups is 2. The summed E-state index contributed by atoms with van der Waals surface area (Å²) in [4.78, 5) is 43.8. The average molecular weight is 680 g/mol. The van der Waals surface area contributed by atoms with Crippen LogP contribution in [0.1, 0.15) is 49.6 Å². The number of benzene rings is 2. The lowest BCUT2D eigenvalue weighted by Gasteiger charge is -2.53. The molecule has 1 spiro atoms. The van der Waals surface area contributed by atoms with E-state index in [1.165, 1.54) is 12.1 Å². The number of thiophene rings is 1. The maximum atomic E-state index is 14.7. The molecule has 0 radical (unpaired) electrons. The Bertz CT molecular complexity index is 2040. The van der Waals surface area contributed by atoms with E-state index in [9.17, 15) is 14.0 Å². The van der Waals surface area contributed by atoms with Crippen LogP contribution in [-0.4, -0.2) is 54.6 Å². The van der Waals surface area contributed by atoms with Crippen LogP contribution in [0.4, 0.5) is 21.6 Å². The minimum absolute atomic E-state index is 0.226. The van der Waals surface area contributed by atoms with E-state index in [0.717, 1.165) is 75.5 Å². The number of ether oxygens (including phenoxy) is 1. The molecule has 2 amide bonds. The minimum Gasteiger partial charge on any atom is -0.381 e. The van der Waals surface area contributed by atoms with E-state index in [1.54, 1.807) is 64.1 Å². The molecule has 0 atom stereocenters. The Morgan fingerprint density at radius 2 is 1.75 bits per heavy atom. The van der Waals surface area contributed by atoms with Crippen LogP contribution in [0.15, 0.2) is 67.0 Å². The summed E-state index contributed by atoms with van der Waals surface area (Å²) in [5.41, 5.74) is 5.21. The summed E-state index contributed by atoms with van der Waals surface area (Å²) in [7, 11) is 0. The van der Waals surface area contributed by atoms with E-state index in [1.807, 2.05) is 26.1 Å². The molecule has 3 aromatic heterocycles. The first-order chi connectivity index (χ1) is 23.2. The molecule has 8 rings (SSSR count). The van der Waals surface area contributed by atoms with Crippen LogP contribution in [0, 0.1) is 25.1 Å². The number of nitrogens with one attached hydrogen (secondary N) is 1. The summed E-state index contributed by atoms with van der Waals surface area (Å²) in [6.45, 7) is 7.67. The number of nitrogens with zero attached hydrogens (tertiary/aromatic N) is 4. The lowest BCUT2D eigenvalue weighted by molar-refractivity contribution is -0.000510. The Morgan fingerprint density at radius 1 is 0.958 bits per heavy atom. The standard InChI is InChI=1S/C37H34FN5O3S2/c1-22-15-29(33(39-18-22)42-20-37(21-42)10-13-46-14-11-37)34(44)41-27-6-3-24(4-7-27)36(45)43-12-9-25-16-31(35-40-19-23(2)47-35)48-32(25)28-8-5-26(38)17-30(28)43/h3-8,15-19H,9-14,20-21H2,1-2H3,(H,41,44). The van der Waals surface area contributed by atoms with Crippen molar-refractivity contribution in [3.8, 4) is 20.3 Å². The second-order valence-electron chi connectivity index (χ2n) is 13.0. The Kier molecular flexibility index (Phi) is 7.85. The van der Waals surface area contributed by atoms with Gasteiger partial charge >= 0.3 is 0 Å². The third-order valence-corrected chi connectivity index (χ3v) is 11.8. The Hall–Kier alpha value is -4.45. The van der Waals surface area contributed by atoms with Crippen molar-refractivity contribution in [2.45, 2.75) is 33.1 Å². The third kappa shape index (κ3) is 5.69. The lowest BCUT2D eigenvalue weighted by Crippen LogP contribution is -2.59. The zero-order chi connectivity index (χ0) is 33.0. The predicted molar refractivity (Wildman–Crippen MR) is 189 cm³/mol. The number of aryl methyl sites for hydroxylation is 2. The van der Waals surface area contributed by atoms with Crippen LogP contribution in [0.25, 0.3) is 20.3 Å². The van der Waals surface area contributed by atoms with E-state index in [-0.39, 0.29) is 17.2 Å². The highest BCUT2D eigenvalue weighted by Crippen LogP contribution is 2.46. The summed E-state index contributed by atoms with van der Waals surface area (Å²) in [5.74, 6) is -0.178. The number of thiazole rings is 1. The van der Waals surface area contributed by atoms with Crippen molar-refractivity contribution in [1.82, 2.24) is 9.97 Å². The fourth-order valence-corrected chi connectivity index (χ4v) is 9.03. The lowest BCUT2D eigenvalue weighted by atomic mass is 9.73. The van der Waals surface area contributed by atoms with E-state index < -0.39 is 5.82 Å². The molecule has 2 fully saturated rings. The summed E-state index contributed by atoms with van der Waals surface area (Å²) in [6, 6.07) is 15.6. The molecule has 1 N–H and O–H groups in total. The van der Waals surface area contributed by atoms with Crippen molar-refractivity contribution < 1.29 is 18.7 Å². The fourth-order valence-electron chi connectivity index (χ4n) is 6.97. The number of aromatic nitrogens is 2. The second-order valence-corrected chi connectivity index (χ2v) is 15.3. The molecule has 2 saturated heterocycles. The van der Waals surface area contributed by atoms with E-state index in [0.29, 0.717) is 41.3 Å². The Labute approximate surface area is 286 Å². The molecule has 0 unspecified atom stereocenters. The number of fused-ring (bicyclic) bond motifs is 3. The fraction of sp³-hybridized carbons (Fsp3) is 0.297. The second kappa shape index (κ2) is 12.2. The molecule has 2 aromatic carbocycles. The summed E-state index contributed by atoms with van der Waals surface area (Å²) in [6.07, 6.45) is 6.36. The van der Waals surface area contributed by atoms with E-state index in [4.69, 9.17) is 4.74 Å². The van der Waals surface area contributed by atoms with Crippen LogP contribution >= 0.6 is 22.7 Å². The van der Waals surface area contributed by atoms with Gasteiger partial charge in [-0.1, -0.05) is 0 Å². The molecule has 11 heteroatoms. The van der Waals surface area contributed by atoms with E-state index >= 15 is 0 Å². The number of anilines is 3. The average Bonchev–Trinajstić information content (AvgIpc) is 3.67. The first-order valence-electron chi connectivity index (χ1n) is 16.1. The number of amides is 2. The van der Waals surface area contributed by atoms with Gasteiger partial charge in [-0.3, -0.25) is 9.59 Å². The van der Waals surface area contributed by atoms with Crippen LogP contribution in [0.2, 0.25) is 0 Å². The molecular formula is C37H34FN5O3S2. The van der Waals surface area contributed by atoms with Gasteiger partial charge in [-0.05, 0) is 98.8 Å². The molecular weight excluding hydrogens is 646 g/mol. The third-order valence-electron chi connectivity index (χ3n) is 9.53. The Morgan fingerprint density at radius 3 is 2.50 bits per heavy atom. The first-order valence-corrected chi connectivity index (χ1v) is 17.8. The van der Waals surface area contributed by atoms with Crippen molar-refractivity contribution in [2.24, 2.45) is 5.41 Å². The monoisotopic (exact) mass is 679 g/mol. The van der Waals surface area contributed by atoms with Gasteiger partial charge in [-0.25, -0.2) is 14.4 Å². The zero-order valence-corrected chi connectivity index (χ0v) is 28.3. The maximum absolute atomic E-state index is 14.7. The van der Waals surface area contributed by atoms with Gasteiger partial charge in [0.2, 0.25) is 0 Å². The highest BCUT2D eigenvalue weighted by Gasteiger charge is 2.45. The van der Waals surface area contributed by atoms with Crippen molar-refractivity contribution >= 4 is 51.7 Å². The van der Waals surface area contributed by atoms with E-state index in [2.05, 4.69) is 26.3 Å². The highest BCUT2D eigenvalue weighted by atomic mass is 32.1. The number of halogens is 1. The predicted octanol–water partition coefficient (Wildman–Crippen LogP) is 7.76. The van der Waals surface area contributed by atoms with Crippen LogP contribution in [0.5, 0.6) is 0 Å². The SMILES string of the molecule is Cc1cnc(N2CC3(CCOCC3)C2)c(C(=O)Nc2ccc(C(=O)N3CCc4cc(-c5ncc(C)s5)sc4-c4ccc(F)cc43)cc2)c1. The topological polar surface area (TPSA) is 87.7 Å². The maximum Gasteiger partial charge on any atom is 0.259 e. The number of rotatable bonds is 5. The van der Waals surface area contributed by atoms with Crippen molar-refractivity contribution in [3.05, 3.63) is 99.9 Å². The number of pyridine rings is 1. The van der Waals surface area contributed by atoms with Gasteiger partial charge in [0.15, 0.2) is 0 Å². The summed E-state index contributed by atoms with van der Waals surface area (Å²) >= 11 is 3.28. The first kappa shape index (κ1) is 30.9. The van der Waals surface area contributed by atoms with Gasteiger partial charge in [0.05, 0.1) is 16.1 Å². The number of hydrogen-bond donors (Lipinski definition) is 1. The molecule has 3 aliphatic rings. The van der Waals surface area contributed by atoms with Gasteiger partial charge in [0, 0.05) is 77.2 Å². The highest BCUT2D eigenvalue weighted by molar-refractivity contribution is 7.23. The molecule has 244 valence electrons. The molecule has 0 bridgehead atoms. The van der Waals surface area contributed by atoms with Gasteiger partial charge in [-0.15, -0.1) is 22.7 Å². The molecule has 5 aromatic rings. The normalized spacial score (nSPS) is 16.6. The van der Waals surface area contributed by atoms with Gasteiger partial charge < -0.3 is 19.9 Å². The number of carbonyl (C=O) groups excluding carboxylic acids is 2. The van der Waals surface area contributed by atoms with Crippen LogP contribution in [-0.2, 0) is 11.2 Å². The smallest absolute Gasteiger partial charge is 0.259 e. The van der Waals surface area contributed by atoms with Crippen molar-refractivity contribution in [1.29, 1.82) is 0 Å². The van der Waals surface area contributed by atoms with Gasteiger partial charge in [-0.2, -0.15) is 0 Å². The van der Waals surface area contributed by atoms with Crippen LogP contribution in [0.3, 0.4) is 0 Å². The largest absolute Gasteiger partial charge is 0.381 e. The molecule has 0 saturated carbocycles. The van der Waals surface area contributed by atoms with Crippen LogP contribution < -0.4 is 15.1 Å². The minimum atomic E-state index is -0.397. The molecule has 8 nitrogen and oxygen atoms in total. The number of hydrogen-bond acceptors (Lipinski definition) is 8. The molecule has 3 aliphatic heterocycles. The van der Waals surface area contributed by atoms with Crippen molar-refractivity contribution in [2.75, 3.05) is 48.0 Å². The quantitative estimate of drug-likeness (QED) is 0.204. The van der Waals surface area contributed by atoms with Gasteiger partial charge in [0.25, 0.3) is 11.8 Å². The molecule has 0 aliphatic carbocycles. The molecule has 48 heavy (non-hydrogen) atoms. The van der Waals surface area contributed by atoms with Crippen molar-refractivity contribution in [3.63, 3.8) is 0 Å². The summed E-state index contributed by atoms with van der Waals surface area (Å²) < 4.78 is 20.2. The summed E-state index contributed by atoms with van der Waals surface area (Å²) in [5, 5.41) is 3.97. The van der Waals surface area contributed by atoms with Gasteiger partial charge in [0.1, 0.15) is 16.6 Å². The Balaban J connectivity index is 1.01. The molecule has 6 heterocycles. The zero-order valence-electron chi connectivity index (χ0n) is 26.7.